The summed E-state index contributed by atoms with van der Waals surface area (Å²) in [6.07, 6.45) is 0. The fourth-order valence-corrected chi connectivity index (χ4v) is 9.21. The monoisotopic (exact) mass is 711 g/mol. The smallest absolute Gasteiger partial charge is 0.136 e. The Labute approximate surface area is 323 Å². The highest BCUT2D eigenvalue weighted by Crippen LogP contribution is 2.45. The van der Waals surface area contributed by atoms with Crippen molar-refractivity contribution in [3.63, 3.8) is 0 Å². The quantitative estimate of drug-likeness (QED) is 0.166. The van der Waals surface area contributed by atoms with Crippen molar-refractivity contribution in [2.45, 2.75) is 0 Å². The summed E-state index contributed by atoms with van der Waals surface area (Å²) in [5.41, 5.74) is 12.7. The summed E-state index contributed by atoms with van der Waals surface area (Å²) in [7, 11) is 0. The lowest BCUT2D eigenvalue weighted by Crippen LogP contribution is -1.92. The van der Waals surface area contributed by atoms with E-state index in [1.165, 1.54) is 93.2 Å². The van der Waals surface area contributed by atoms with Gasteiger partial charge in [-0.25, -0.2) is 0 Å². The van der Waals surface area contributed by atoms with Crippen LogP contribution in [-0.2, 0) is 0 Å². The summed E-state index contributed by atoms with van der Waals surface area (Å²) in [6.45, 7) is 0. The lowest BCUT2D eigenvalue weighted by Gasteiger charge is -2.18. The van der Waals surface area contributed by atoms with E-state index in [0.717, 1.165) is 21.9 Å². The maximum atomic E-state index is 6.40. The van der Waals surface area contributed by atoms with E-state index >= 15 is 0 Å². The van der Waals surface area contributed by atoms with Crippen LogP contribution in [0.2, 0.25) is 0 Å². The van der Waals surface area contributed by atoms with E-state index in [1.54, 1.807) is 0 Å². The van der Waals surface area contributed by atoms with Crippen molar-refractivity contribution in [2.24, 2.45) is 0 Å². The molecular weight excluding hydrogens is 679 g/mol. The lowest BCUT2D eigenvalue weighted by molar-refractivity contribution is 0.669. The first kappa shape index (κ1) is 31.0. The van der Waals surface area contributed by atoms with Gasteiger partial charge in [0.25, 0.3) is 0 Å². The molecule has 2 aromatic heterocycles. The van der Waals surface area contributed by atoms with E-state index in [-0.39, 0.29) is 0 Å². The van der Waals surface area contributed by atoms with Crippen LogP contribution >= 0.6 is 0 Å². The molecule has 0 N–H and O–H groups in total. The van der Waals surface area contributed by atoms with E-state index in [1.807, 2.05) is 0 Å². The van der Waals surface area contributed by atoms with E-state index in [2.05, 4.69) is 205 Å². The third kappa shape index (κ3) is 4.63. The maximum absolute atomic E-state index is 6.40. The van der Waals surface area contributed by atoms with Crippen molar-refractivity contribution in [3.05, 3.63) is 200 Å². The number of nitrogens with zero attached hydrogens (tertiary/aromatic N) is 1. The Kier molecular flexibility index (Phi) is 6.66. The second-order valence-corrected chi connectivity index (χ2v) is 14.8. The molecule has 0 bridgehead atoms. The SMILES string of the molecule is c1ccc(-n2c3ccccc3c3cc(-c4ccc(-c5c6ccccc6c(-c6ccc7oc8cc9ccccc9cc8c7c6)c6ccccc56)cc4)ccc32)cc1. The average Bonchev–Trinajstić information content (AvgIpc) is 3.79. The van der Waals surface area contributed by atoms with Gasteiger partial charge in [0.15, 0.2) is 0 Å². The summed E-state index contributed by atoms with van der Waals surface area (Å²) >= 11 is 0. The van der Waals surface area contributed by atoms with Crippen LogP contribution in [0.1, 0.15) is 0 Å². The van der Waals surface area contributed by atoms with E-state index in [0.29, 0.717) is 0 Å². The van der Waals surface area contributed by atoms with Gasteiger partial charge in [0.05, 0.1) is 11.0 Å². The third-order valence-electron chi connectivity index (χ3n) is 11.8. The Bertz CT molecular complexity index is 3460. The molecule has 0 fully saturated rings. The minimum atomic E-state index is 0.908. The number of aromatic nitrogens is 1. The van der Waals surface area contributed by atoms with Gasteiger partial charge in [-0.1, -0.05) is 146 Å². The zero-order valence-corrected chi connectivity index (χ0v) is 30.4. The van der Waals surface area contributed by atoms with Crippen LogP contribution in [0.15, 0.2) is 205 Å². The van der Waals surface area contributed by atoms with E-state index in [4.69, 9.17) is 4.42 Å². The first-order valence-electron chi connectivity index (χ1n) is 19.3. The zero-order chi connectivity index (χ0) is 36.7. The van der Waals surface area contributed by atoms with Crippen molar-refractivity contribution in [1.82, 2.24) is 4.57 Å². The molecule has 12 aromatic rings. The van der Waals surface area contributed by atoms with Crippen LogP contribution in [0.5, 0.6) is 0 Å². The Morgan fingerprint density at radius 3 is 1.50 bits per heavy atom. The summed E-state index contributed by atoms with van der Waals surface area (Å²) in [5, 5.41) is 12.2. The summed E-state index contributed by atoms with van der Waals surface area (Å²) in [5.74, 6) is 0. The first-order valence-corrected chi connectivity index (χ1v) is 19.3. The first-order chi connectivity index (χ1) is 27.8. The van der Waals surface area contributed by atoms with Crippen LogP contribution in [-0.4, -0.2) is 4.57 Å². The molecule has 2 heteroatoms. The molecule has 0 radical (unpaired) electrons. The normalized spacial score (nSPS) is 11.9. The number of rotatable bonds is 4. The largest absolute Gasteiger partial charge is 0.456 e. The van der Waals surface area contributed by atoms with Gasteiger partial charge in [0, 0.05) is 27.2 Å². The molecule has 10 aromatic carbocycles. The number of hydrogen-bond donors (Lipinski definition) is 0. The second-order valence-electron chi connectivity index (χ2n) is 14.8. The molecule has 12 rings (SSSR count). The summed E-state index contributed by atoms with van der Waals surface area (Å²) in [4.78, 5) is 0. The minimum Gasteiger partial charge on any atom is -0.456 e. The lowest BCUT2D eigenvalue weighted by atomic mass is 9.85. The molecule has 0 aliphatic rings. The zero-order valence-electron chi connectivity index (χ0n) is 30.4. The predicted molar refractivity (Wildman–Crippen MR) is 237 cm³/mol. The molecule has 2 nitrogen and oxygen atoms in total. The highest BCUT2D eigenvalue weighted by Gasteiger charge is 2.19. The number of benzene rings is 10. The molecule has 260 valence electrons. The molecule has 0 saturated heterocycles. The number of fused-ring (bicyclic) bond motifs is 9. The van der Waals surface area contributed by atoms with Gasteiger partial charge in [-0.05, 0) is 120 Å². The van der Waals surface area contributed by atoms with Crippen molar-refractivity contribution in [3.8, 4) is 39.1 Å². The van der Waals surface area contributed by atoms with Crippen molar-refractivity contribution < 1.29 is 4.42 Å². The minimum absolute atomic E-state index is 0.908. The molecule has 0 unspecified atom stereocenters. The van der Waals surface area contributed by atoms with Crippen LogP contribution in [0.4, 0.5) is 0 Å². The Morgan fingerprint density at radius 2 is 0.786 bits per heavy atom. The Hall–Kier alpha value is -7.42. The van der Waals surface area contributed by atoms with Gasteiger partial charge in [-0.3, -0.25) is 0 Å². The maximum Gasteiger partial charge on any atom is 0.136 e. The molecule has 0 saturated carbocycles. The van der Waals surface area contributed by atoms with Gasteiger partial charge < -0.3 is 8.98 Å². The number of para-hydroxylation sites is 2. The highest BCUT2D eigenvalue weighted by molar-refractivity contribution is 6.22. The summed E-state index contributed by atoms with van der Waals surface area (Å²) < 4.78 is 8.77. The molecule has 0 atom stereocenters. The van der Waals surface area contributed by atoms with Crippen LogP contribution in [0, 0.1) is 0 Å². The van der Waals surface area contributed by atoms with Gasteiger partial charge in [-0.15, -0.1) is 0 Å². The van der Waals surface area contributed by atoms with Gasteiger partial charge in [0.1, 0.15) is 11.2 Å². The third-order valence-corrected chi connectivity index (χ3v) is 11.8. The summed E-state index contributed by atoms with van der Waals surface area (Å²) in [6, 6.07) is 72.8. The molecule has 0 aliphatic heterocycles. The Morgan fingerprint density at radius 1 is 0.286 bits per heavy atom. The van der Waals surface area contributed by atoms with Crippen LogP contribution in [0.25, 0.3) is 115 Å². The Balaban J connectivity index is 1.00. The second kappa shape index (κ2) is 12.0. The molecule has 0 amide bonds. The molecule has 0 spiro atoms. The number of hydrogen-bond acceptors (Lipinski definition) is 1. The van der Waals surface area contributed by atoms with Gasteiger partial charge >= 0.3 is 0 Å². The van der Waals surface area contributed by atoms with Gasteiger partial charge in [0.2, 0.25) is 0 Å². The van der Waals surface area contributed by atoms with E-state index in [9.17, 15) is 0 Å². The van der Waals surface area contributed by atoms with Crippen molar-refractivity contribution in [2.75, 3.05) is 0 Å². The standard InChI is InChI=1S/C54H33NO/c1-2-14-40(15-3-1)55-49-21-11-10-16-41(49)46-30-38(26-28-50(46)55)34-22-24-35(25-23-34)53-42-17-6-8-19-44(42)54(45-20-9-7-18-43(45)53)39-27-29-51-47(32-39)48-31-36-12-4-5-13-37(36)33-52(48)56-51/h1-33H. The van der Waals surface area contributed by atoms with Crippen molar-refractivity contribution in [1.29, 1.82) is 0 Å². The fraction of sp³-hybridized carbons (Fsp3) is 0. The fourth-order valence-electron chi connectivity index (χ4n) is 9.21. The van der Waals surface area contributed by atoms with Crippen molar-refractivity contribution >= 4 is 76.1 Å². The van der Waals surface area contributed by atoms with Crippen LogP contribution < -0.4 is 0 Å². The predicted octanol–water partition coefficient (Wildman–Crippen LogP) is 15.1. The molecule has 2 heterocycles. The van der Waals surface area contributed by atoms with Crippen LogP contribution in [0.3, 0.4) is 0 Å². The van der Waals surface area contributed by atoms with E-state index < -0.39 is 0 Å². The molecule has 56 heavy (non-hydrogen) atoms. The van der Waals surface area contributed by atoms with Gasteiger partial charge in [-0.2, -0.15) is 0 Å². The molecule has 0 aliphatic carbocycles. The average molecular weight is 712 g/mol. The molecular formula is C54H33NO. The number of furan rings is 1. The highest BCUT2D eigenvalue weighted by atomic mass is 16.3. The topological polar surface area (TPSA) is 18.1 Å².